The topological polar surface area (TPSA) is 84.7 Å². The van der Waals surface area contributed by atoms with E-state index in [0.717, 1.165) is 0 Å². The lowest BCUT2D eigenvalue weighted by Crippen LogP contribution is -2.35. The van der Waals surface area contributed by atoms with Gasteiger partial charge in [0.25, 0.3) is 5.91 Å². The predicted molar refractivity (Wildman–Crippen MR) is 66.0 cm³/mol. The van der Waals surface area contributed by atoms with Crippen molar-refractivity contribution in [2.24, 2.45) is 12.5 Å². The van der Waals surface area contributed by atoms with Crippen molar-refractivity contribution in [3.8, 4) is 5.88 Å². The number of likely N-dealkylation sites (tertiary alicyclic amines) is 1. The molecule has 1 aromatic heterocycles. The number of rotatable bonds is 3. The highest BCUT2D eigenvalue weighted by atomic mass is 16.5. The van der Waals surface area contributed by atoms with Gasteiger partial charge in [0.05, 0.1) is 12.5 Å². The molecule has 1 fully saturated rings. The number of amides is 1. The Morgan fingerprint density at radius 3 is 2.68 bits per heavy atom. The van der Waals surface area contributed by atoms with Crippen molar-refractivity contribution in [3.05, 3.63) is 11.8 Å². The van der Waals surface area contributed by atoms with E-state index < -0.39 is 11.4 Å². The van der Waals surface area contributed by atoms with Gasteiger partial charge in [-0.2, -0.15) is 5.10 Å². The first-order valence-electron chi connectivity index (χ1n) is 5.98. The van der Waals surface area contributed by atoms with E-state index in [0.29, 0.717) is 18.8 Å². The number of ether oxygens (including phenoxy) is 1. The zero-order chi connectivity index (χ0) is 14.2. The fraction of sp³-hybridized carbons (Fsp3) is 0.583. The molecule has 7 heteroatoms. The van der Waals surface area contributed by atoms with Crippen LogP contribution in [0.15, 0.2) is 6.07 Å². The fourth-order valence-electron chi connectivity index (χ4n) is 2.22. The number of aliphatic carboxylic acids is 1. The Kier molecular flexibility index (Phi) is 3.21. The molecule has 2 heterocycles. The molecule has 1 atom stereocenters. The van der Waals surface area contributed by atoms with Gasteiger partial charge in [-0.05, 0) is 13.3 Å². The third kappa shape index (κ3) is 2.27. The molecule has 1 N–H and O–H groups in total. The zero-order valence-electron chi connectivity index (χ0n) is 11.2. The van der Waals surface area contributed by atoms with Gasteiger partial charge in [0.1, 0.15) is 0 Å². The summed E-state index contributed by atoms with van der Waals surface area (Å²) in [5.74, 6) is -0.645. The van der Waals surface area contributed by atoms with Crippen LogP contribution in [0.4, 0.5) is 0 Å². The molecule has 2 rings (SSSR count). The van der Waals surface area contributed by atoms with Crippen LogP contribution in [0.2, 0.25) is 0 Å². The molecule has 0 aliphatic carbocycles. The second kappa shape index (κ2) is 4.56. The Labute approximate surface area is 110 Å². The number of hydrogen-bond donors (Lipinski definition) is 1. The van der Waals surface area contributed by atoms with Gasteiger partial charge in [-0.25, -0.2) is 4.68 Å². The van der Waals surface area contributed by atoms with Gasteiger partial charge >= 0.3 is 5.97 Å². The van der Waals surface area contributed by atoms with E-state index in [1.54, 1.807) is 20.0 Å². The highest BCUT2D eigenvalue weighted by molar-refractivity contribution is 5.93. The standard InChI is InChI=1S/C12H17N3O4/c1-12(11(17)18)4-5-15(7-12)10(16)8-6-9(19-3)14(2)13-8/h6H,4-5,7H2,1-3H3,(H,17,18). The summed E-state index contributed by atoms with van der Waals surface area (Å²) in [4.78, 5) is 24.9. The van der Waals surface area contributed by atoms with Gasteiger partial charge in [0.15, 0.2) is 5.69 Å². The Balaban J connectivity index is 2.15. The van der Waals surface area contributed by atoms with Crippen LogP contribution in [-0.2, 0) is 11.8 Å². The summed E-state index contributed by atoms with van der Waals surface area (Å²) in [6.07, 6.45) is 0.456. The first kappa shape index (κ1) is 13.4. The highest BCUT2D eigenvalue weighted by Crippen LogP contribution is 2.31. The third-order valence-corrected chi connectivity index (χ3v) is 3.54. The number of carbonyl (C=O) groups is 2. The highest BCUT2D eigenvalue weighted by Gasteiger charge is 2.42. The quantitative estimate of drug-likeness (QED) is 0.855. The summed E-state index contributed by atoms with van der Waals surface area (Å²) in [7, 11) is 3.18. The lowest BCUT2D eigenvalue weighted by molar-refractivity contribution is -0.147. The van der Waals surface area contributed by atoms with Crippen LogP contribution in [0.25, 0.3) is 0 Å². The summed E-state index contributed by atoms with van der Waals surface area (Å²) >= 11 is 0. The number of methoxy groups -OCH3 is 1. The van der Waals surface area contributed by atoms with Crippen molar-refractivity contribution in [2.45, 2.75) is 13.3 Å². The minimum Gasteiger partial charge on any atom is -0.481 e. The SMILES string of the molecule is COc1cc(C(=O)N2CCC(C)(C(=O)O)C2)nn1C. The normalized spacial score (nSPS) is 22.6. The third-order valence-electron chi connectivity index (χ3n) is 3.54. The minimum atomic E-state index is -0.874. The molecule has 104 valence electrons. The largest absolute Gasteiger partial charge is 0.481 e. The molecular weight excluding hydrogens is 250 g/mol. The van der Waals surface area contributed by atoms with E-state index in [1.807, 2.05) is 0 Å². The van der Waals surface area contributed by atoms with Crippen LogP contribution in [0.1, 0.15) is 23.8 Å². The molecule has 0 radical (unpaired) electrons. The number of aromatic nitrogens is 2. The van der Waals surface area contributed by atoms with E-state index in [9.17, 15) is 9.59 Å². The van der Waals surface area contributed by atoms with Crippen molar-refractivity contribution < 1.29 is 19.4 Å². The second-order valence-electron chi connectivity index (χ2n) is 5.04. The smallest absolute Gasteiger partial charge is 0.311 e. The molecule has 0 saturated carbocycles. The average Bonchev–Trinajstić information content (AvgIpc) is 2.93. The first-order valence-corrected chi connectivity index (χ1v) is 5.98. The van der Waals surface area contributed by atoms with Crippen LogP contribution in [0.5, 0.6) is 5.88 Å². The maximum atomic E-state index is 12.2. The van der Waals surface area contributed by atoms with Gasteiger partial charge in [0, 0.05) is 26.2 Å². The van der Waals surface area contributed by atoms with Gasteiger partial charge in [-0.15, -0.1) is 0 Å². The predicted octanol–water partition coefficient (Wildman–Crippen LogP) is 0.365. The molecule has 1 amide bonds. The molecule has 1 aliphatic rings. The average molecular weight is 267 g/mol. The first-order chi connectivity index (χ1) is 8.87. The molecular formula is C12H17N3O4. The molecule has 7 nitrogen and oxygen atoms in total. The molecule has 19 heavy (non-hydrogen) atoms. The molecule has 1 unspecified atom stereocenters. The van der Waals surface area contributed by atoms with Crippen LogP contribution in [0.3, 0.4) is 0 Å². The van der Waals surface area contributed by atoms with Gasteiger partial charge in [-0.1, -0.05) is 0 Å². The Hall–Kier alpha value is -2.05. The Morgan fingerprint density at radius 2 is 2.21 bits per heavy atom. The van der Waals surface area contributed by atoms with Crippen molar-refractivity contribution in [2.75, 3.05) is 20.2 Å². The number of carboxylic acids is 1. The molecule has 0 bridgehead atoms. The molecule has 1 aliphatic heterocycles. The van der Waals surface area contributed by atoms with Crippen LogP contribution in [0, 0.1) is 5.41 Å². The summed E-state index contributed by atoms with van der Waals surface area (Å²) < 4.78 is 6.53. The number of aryl methyl sites for hydroxylation is 1. The summed E-state index contributed by atoms with van der Waals surface area (Å²) in [6.45, 7) is 2.29. The lowest BCUT2D eigenvalue weighted by atomic mass is 9.90. The summed E-state index contributed by atoms with van der Waals surface area (Å²) in [5.41, 5.74) is -0.594. The molecule has 0 aromatic carbocycles. The van der Waals surface area contributed by atoms with E-state index >= 15 is 0 Å². The minimum absolute atomic E-state index is 0.208. The van der Waals surface area contributed by atoms with Crippen LogP contribution in [-0.4, -0.2) is 51.9 Å². The molecule has 0 spiro atoms. The van der Waals surface area contributed by atoms with Crippen molar-refractivity contribution in [1.29, 1.82) is 0 Å². The van der Waals surface area contributed by atoms with Gasteiger partial charge in [0.2, 0.25) is 5.88 Å². The van der Waals surface area contributed by atoms with Crippen molar-refractivity contribution >= 4 is 11.9 Å². The fourth-order valence-corrected chi connectivity index (χ4v) is 2.22. The van der Waals surface area contributed by atoms with E-state index in [-0.39, 0.29) is 18.1 Å². The summed E-state index contributed by atoms with van der Waals surface area (Å²) in [5, 5.41) is 13.2. The second-order valence-corrected chi connectivity index (χ2v) is 5.04. The number of carboxylic acid groups (broad SMARTS) is 1. The molecule has 1 aromatic rings. The maximum Gasteiger partial charge on any atom is 0.311 e. The summed E-state index contributed by atoms with van der Waals surface area (Å²) in [6, 6.07) is 1.55. The lowest BCUT2D eigenvalue weighted by Gasteiger charge is -2.19. The maximum absolute atomic E-state index is 12.2. The van der Waals surface area contributed by atoms with Gasteiger partial charge < -0.3 is 14.7 Å². The van der Waals surface area contributed by atoms with Gasteiger partial charge in [-0.3, -0.25) is 9.59 Å². The van der Waals surface area contributed by atoms with Crippen LogP contribution < -0.4 is 4.74 Å². The Bertz CT molecular complexity index is 525. The van der Waals surface area contributed by atoms with Crippen LogP contribution >= 0.6 is 0 Å². The van der Waals surface area contributed by atoms with E-state index in [2.05, 4.69) is 5.10 Å². The Morgan fingerprint density at radius 1 is 1.53 bits per heavy atom. The van der Waals surface area contributed by atoms with E-state index in [4.69, 9.17) is 9.84 Å². The molecule has 1 saturated heterocycles. The van der Waals surface area contributed by atoms with Crippen molar-refractivity contribution in [1.82, 2.24) is 14.7 Å². The monoisotopic (exact) mass is 267 g/mol. The number of hydrogen-bond acceptors (Lipinski definition) is 4. The van der Waals surface area contributed by atoms with Crippen molar-refractivity contribution in [3.63, 3.8) is 0 Å². The van der Waals surface area contributed by atoms with E-state index in [1.165, 1.54) is 16.7 Å². The number of carbonyl (C=O) groups excluding carboxylic acids is 1. The number of nitrogens with zero attached hydrogens (tertiary/aromatic N) is 3. The zero-order valence-corrected chi connectivity index (χ0v) is 11.2.